The maximum Gasteiger partial charge on any atom is 0.273 e. The Labute approximate surface area is 104 Å². The van der Waals surface area contributed by atoms with Crippen molar-refractivity contribution in [2.45, 2.75) is 26.2 Å². The van der Waals surface area contributed by atoms with Crippen LogP contribution in [-0.2, 0) is 16.0 Å². The first-order chi connectivity index (χ1) is 8.61. The standard InChI is InChI=1S/C11H15N5O2/c1-3-7-6-12-14-10(7)13-11(18)8-4-5-9(17)16(2)15-8/h6H,3-5H2,1-2H3,(H2,12,13,14,18). The third kappa shape index (κ3) is 2.39. The fraction of sp³-hybridized carbons (Fsp3) is 0.455. The number of hydrazone groups is 1. The van der Waals surface area contributed by atoms with Gasteiger partial charge in [0.2, 0.25) is 5.91 Å². The predicted octanol–water partition coefficient (Wildman–Crippen LogP) is 0.519. The van der Waals surface area contributed by atoms with E-state index in [2.05, 4.69) is 20.6 Å². The molecule has 7 heteroatoms. The summed E-state index contributed by atoms with van der Waals surface area (Å²) < 4.78 is 0. The molecule has 0 atom stereocenters. The molecule has 2 heterocycles. The zero-order valence-electron chi connectivity index (χ0n) is 10.4. The largest absolute Gasteiger partial charge is 0.306 e. The van der Waals surface area contributed by atoms with E-state index in [9.17, 15) is 9.59 Å². The Hall–Kier alpha value is -2.18. The molecule has 7 nitrogen and oxygen atoms in total. The number of hydrogen-bond acceptors (Lipinski definition) is 4. The van der Waals surface area contributed by atoms with Crippen LogP contribution in [0, 0.1) is 0 Å². The van der Waals surface area contributed by atoms with E-state index in [-0.39, 0.29) is 11.8 Å². The van der Waals surface area contributed by atoms with Gasteiger partial charge < -0.3 is 5.32 Å². The normalized spacial score (nSPS) is 15.6. The van der Waals surface area contributed by atoms with Gasteiger partial charge in [-0.3, -0.25) is 14.7 Å². The molecular weight excluding hydrogens is 234 g/mol. The number of amides is 2. The van der Waals surface area contributed by atoms with Gasteiger partial charge in [0, 0.05) is 25.5 Å². The highest BCUT2D eigenvalue weighted by molar-refractivity contribution is 6.43. The molecule has 96 valence electrons. The van der Waals surface area contributed by atoms with E-state index in [1.54, 1.807) is 13.2 Å². The van der Waals surface area contributed by atoms with Gasteiger partial charge in [-0.1, -0.05) is 6.92 Å². The number of H-pyrrole nitrogens is 1. The van der Waals surface area contributed by atoms with Gasteiger partial charge in [-0.25, -0.2) is 5.01 Å². The zero-order chi connectivity index (χ0) is 13.1. The number of aromatic nitrogens is 2. The first-order valence-corrected chi connectivity index (χ1v) is 5.79. The summed E-state index contributed by atoms with van der Waals surface area (Å²) in [5, 5.41) is 14.5. The van der Waals surface area contributed by atoms with E-state index in [1.807, 2.05) is 6.92 Å². The van der Waals surface area contributed by atoms with Crippen LogP contribution in [0.1, 0.15) is 25.3 Å². The molecule has 2 rings (SSSR count). The van der Waals surface area contributed by atoms with Crippen molar-refractivity contribution >= 4 is 23.3 Å². The number of hydrogen-bond donors (Lipinski definition) is 2. The Kier molecular flexibility index (Phi) is 3.40. The fourth-order valence-electron chi connectivity index (χ4n) is 1.71. The molecule has 0 spiro atoms. The molecule has 2 N–H and O–H groups in total. The molecule has 0 radical (unpaired) electrons. The van der Waals surface area contributed by atoms with Crippen molar-refractivity contribution in [3.8, 4) is 0 Å². The van der Waals surface area contributed by atoms with E-state index in [1.165, 1.54) is 5.01 Å². The van der Waals surface area contributed by atoms with Crippen LogP contribution in [0.2, 0.25) is 0 Å². The summed E-state index contributed by atoms with van der Waals surface area (Å²) in [5.41, 5.74) is 1.29. The molecule has 0 unspecified atom stereocenters. The third-order valence-corrected chi connectivity index (χ3v) is 2.81. The zero-order valence-corrected chi connectivity index (χ0v) is 10.4. The molecule has 0 bridgehead atoms. The highest BCUT2D eigenvalue weighted by Crippen LogP contribution is 2.13. The first-order valence-electron chi connectivity index (χ1n) is 5.79. The van der Waals surface area contributed by atoms with Crippen LogP contribution < -0.4 is 5.32 Å². The fourth-order valence-corrected chi connectivity index (χ4v) is 1.71. The molecule has 0 fully saturated rings. The predicted molar refractivity (Wildman–Crippen MR) is 66.0 cm³/mol. The summed E-state index contributed by atoms with van der Waals surface area (Å²) in [4.78, 5) is 23.2. The van der Waals surface area contributed by atoms with Crippen LogP contribution in [0.15, 0.2) is 11.3 Å². The van der Waals surface area contributed by atoms with Crippen molar-refractivity contribution in [1.29, 1.82) is 0 Å². The lowest BCUT2D eigenvalue weighted by Crippen LogP contribution is -2.34. The van der Waals surface area contributed by atoms with Gasteiger partial charge in [0.05, 0.1) is 6.20 Å². The maximum atomic E-state index is 12.0. The van der Waals surface area contributed by atoms with Gasteiger partial charge in [-0.2, -0.15) is 10.2 Å². The Balaban J connectivity index is 2.09. The smallest absolute Gasteiger partial charge is 0.273 e. The van der Waals surface area contributed by atoms with Crippen molar-refractivity contribution in [2.75, 3.05) is 12.4 Å². The number of aromatic amines is 1. The second-order valence-electron chi connectivity index (χ2n) is 4.04. The summed E-state index contributed by atoms with van der Waals surface area (Å²) in [7, 11) is 1.54. The van der Waals surface area contributed by atoms with Crippen LogP contribution in [0.5, 0.6) is 0 Å². The molecule has 1 aliphatic heterocycles. The van der Waals surface area contributed by atoms with Gasteiger partial charge in [0.25, 0.3) is 5.91 Å². The molecule has 0 aromatic carbocycles. The van der Waals surface area contributed by atoms with Crippen molar-refractivity contribution in [2.24, 2.45) is 5.10 Å². The number of anilines is 1. The van der Waals surface area contributed by atoms with Crippen LogP contribution in [0.3, 0.4) is 0 Å². The monoisotopic (exact) mass is 249 g/mol. The molecular formula is C11H15N5O2. The molecule has 1 aliphatic rings. The van der Waals surface area contributed by atoms with Gasteiger partial charge in [0.15, 0.2) is 0 Å². The average molecular weight is 249 g/mol. The minimum atomic E-state index is -0.298. The number of nitrogens with one attached hydrogen (secondary N) is 2. The molecule has 18 heavy (non-hydrogen) atoms. The maximum absolute atomic E-state index is 12.0. The topological polar surface area (TPSA) is 90.4 Å². The van der Waals surface area contributed by atoms with Crippen LogP contribution >= 0.6 is 0 Å². The van der Waals surface area contributed by atoms with Gasteiger partial charge in [0.1, 0.15) is 11.5 Å². The van der Waals surface area contributed by atoms with Gasteiger partial charge >= 0.3 is 0 Å². The van der Waals surface area contributed by atoms with Gasteiger partial charge in [-0.05, 0) is 6.42 Å². The SMILES string of the molecule is CCc1cn[nH]c1NC(=O)C1=NN(C)C(=O)CC1. The summed E-state index contributed by atoms with van der Waals surface area (Å²) in [6, 6.07) is 0. The quantitative estimate of drug-likeness (QED) is 0.818. The van der Waals surface area contributed by atoms with Crippen molar-refractivity contribution in [1.82, 2.24) is 15.2 Å². The molecule has 1 aromatic heterocycles. The molecule has 0 aliphatic carbocycles. The number of carbonyl (C=O) groups is 2. The van der Waals surface area contributed by atoms with Crippen molar-refractivity contribution in [3.05, 3.63) is 11.8 Å². The second-order valence-corrected chi connectivity index (χ2v) is 4.04. The highest BCUT2D eigenvalue weighted by atomic mass is 16.2. The summed E-state index contributed by atoms with van der Waals surface area (Å²) in [6.07, 6.45) is 3.13. The minimum Gasteiger partial charge on any atom is -0.306 e. The lowest BCUT2D eigenvalue weighted by atomic mass is 10.1. The van der Waals surface area contributed by atoms with E-state index in [0.717, 1.165) is 12.0 Å². The van der Waals surface area contributed by atoms with E-state index >= 15 is 0 Å². The van der Waals surface area contributed by atoms with Crippen molar-refractivity contribution in [3.63, 3.8) is 0 Å². The lowest BCUT2D eigenvalue weighted by molar-refractivity contribution is -0.130. The third-order valence-electron chi connectivity index (χ3n) is 2.81. The summed E-state index contributed by atoms with van der Waals surface area (Å²) >= 11 is 0. The lowest BCUT2D eigenvalue weighted by Gasteiger charge is -2.18. The molecule has 2 amide bonds. The number of rotatable bonds is 3. The number of carbonyl (C=O) groups excluding carboxylic acids is 2. The highest BCUT2D eigenvalue weighted by Gasteiger charge is 2.22. The van der Waals surface area contributed by atoms with Crippen molar-refractivity contribution < 1.29 is 9.59 Å². The molecule has 0 saturated heterocycles. The molecule has 1 aromatic rings. The Morgan fingerprint density at radius 2 is 2.33 bits per heavy atom. The van der Waals surface area contributed by atoms with Gasteiger partial charge in [-0.15, -0.1) is 0 Å². The van der Waals surface area contributed by atoms with E-state index in [4.69, 9.17) is 0 Å². The molecule has 0 saturated carbocycles. The second kappa shape index (κ2) is 4.99. The summed E-state index contributed by atoms with van der Waals surface area (Å²) in [5.74, 6) is 0.209. The number of nitrogens with zero attached hydrogens (tertiary/aromatic N) is 3. The van der Waals surface area contributed by atoms with E-state index in [0.29, 0.717) is 24.4 Å². The van der Waals surface area contributed by atoms with Crippen LogP contribution in [0.4, 0.5) is 5.82 Å². The Morgan fingerprint density at radius 3 is 3.00 bits per heavy atom. The van der Waals surface area contributed by atoms with Crippen LogP contribution in [-0.4, -0.2) is 39.8 Å². The number of aryl methyl sites for hydroxylation is 1. The van der Waals surface area contributed by atoms with Crippen LogP contribution in [0.25, 0.3) is 0 Å². The average Bonchev–Trinajstić information content (AvgIpc) is 2.79. The summed E-state index contributed by atoms with van der Waals surface area (Å²) in [6.45, 7) is 1.98. The van der Waals surface area contributed by atoms with E-state index < -0.39 is 0 Å². The Bertz CT molecular complexity index is 505. The first kappa shape index (κ1) is 12.3. The Morgan fingerprint density at radius 1 is 1.56 bits per heavy atom. The minimum absolute atomic E-state index is 0.0812.